The van der Waals surface area contributed by atoms with E-state index >= 15 is 0 Å². The minimum absolute atomic E-state index is 0.601. The summed E-state index contributed by atoms with van der Waals surface area (Å²) in [6, 6.07) is 11.8. The number of hydrogen-bond acceptors (Lipinski definition) is 8. The van der Waals surface area contributed by atoms with Crippen LogP contribution in [0.5, 0.6) is 17.2 Å². The number of benzene rings is 2. The highest BCUT2D eigenvalue weighted by Crippen LogP contribution is 2.36. The number of methoxy groups -OCH3 is 3. The molecule has 9 nitrogen and oxygen atoms in total. The molecule has 0 radical (unpaired) electrons. The van der Waals surface area contributed by atoms with Gasteiger partial charge in [0.05, 0.1) is 45.4 Å². The molecule has 4 aromatic rings. The summed E-state index contributed by atoms with van der Waals surface area (Å²) in [5, 5.41) is 0.959. The van der Waals surface area contributed by atoms with Gasteiger partial charge in [0.25, 0.3) is 0 Å². The molecule has 9 heteroatoms. The average molecular weight is 478 g/mol. The molecule has 0 amide bonds. The van der Waals surface area contributed by atoms with Crippen molar-refractivity contribution in [3.63, 3.8) is 0 Å². The summed E-state index contributed by atoms with van der Waals surface area (Å²) >= 11 is 0. The second-order valence-corrected chi connectivity index (χ2v) is 8.48. The number of ether oxygens (including phenoxy) is 4. The van der Waals surface area contributed by atoms with Crippen molar-refractivity contribution < 1.29 is 18.9 Å². The molecule has 1 aliphatic rings. The monoisotopic (exact) mass is 477 g/mol. The summed E-state index contributed by atoms with van der Waals surface area (Å²) in [6.07, 6.45) is 1.63. The second kappa shape index (κ2) is 10.4. The van der Waals surface area contributed by atoms with E-state index in [4.69, 9.17) is 23.9 Å². The fourth-order valence-electron chi connectivity index (χ4n) is 4.66. The number of hydrogen-bond donors (Lipinski definition) is 1. The number of nitrogens with zero attached hydrogens (tertiary/aromatic N) is 4. The van der Waals surface area contributed by atoms with Crippen LogP contribution in [0, 0.1) is 0 Å². The molecule has 2 aromatic carbocycles. The number of anilines is 1. The van der Waals surface area contributed by atoms with Gasteiger partial charge in [-0.3, -0.25) is 4.90 Å². The molecule has 0 atom stereocenters. The molecular weight excluding hydrogens is 446 g/mol. The van der Waals surface area contributed by atoms with Crippen LogP contribution in [0.4, 0.5) is 5.82 Å². The van der Waals surface area contributed by atoms with Crippen molar-refractivity contribution in [2.45, 2.75) is 6.54 Å². The van der Waals surface area contributed by atoms with Crippen LogP contribution in [0.25, 0.3) is 21.9 Å². The van der Waals surface area contributed by atoms with Crippen LogP contribution < -0.4 is 19.1 Å². The van der Waals surface area contributed by atoms with E-state index in [2.05, 4.69) is 19.8 Å². The first-order valence-electron chi connectivity index (χ1n) is 11.8. The molecule has 1 aliphatic heterocycles. The predicted octanol–water partition coefficient (Wildman–Crippen LogP) is 3.48. The molecule has 3 heterocycles. The Labute approximate surface area is 204 Å². The van der Waals surface area contributed by atoms with Crippen molar-refractivity contribution >= 4 is 27.8 Å². The third kappa shape index (κ3) is 4.69. The lowest BCUT2D eigenvalue weighted by Crippen LogP contribution is -2.41. The molecule has 184 valence electrons. The maximum atomic E-state index is 5.68. The zero-order chi connectivity index (χ0) is 24.2. The smallest absolute Gasteiger partial charge is 0.156 e. The van der Waals surface area contributed by atoms with Gasteiger partial charge in [0.1, 0.15) is 34.6 Å². The number of morpholine rings is 1. The summed E-state index contributed by atoms with van der Waals surface area (Å²) in [4.78, 5) is 17.6. The van der Waals surface area contributed by atoms with Crippen molar-refractivity contribution in [3.05, 3.63) is 48.3 Å². The molecule has 0 bridgehead atoms. The van der Waals surface area contributed by atoms with Crippen molar-refractivity contribution in [1.29, 1.82) is 0 Å². The lowest BCUT2D eigenvalue weighted by Gasteiger charge is -2.31. The number of aromatic nitrogens is 3. The van der Waals surface area contributed by atoms with Crippen molar-refractivity contribution in [1.82, 2.24) is 19.9 Å². The fourth-order valence-corrected chi connectivity index (χ4v) is 4.66. The molecule has 1 N–H and O–H groups in total. The first-order chi connectivity index (χ1) is 17.2. The number of H-pyrrole nitrogens is 1. The summed E-state index contributed by atoms with van der Waals surface area (Å²) in [6.45, 7) is 5.66. The molecule has 0 spiro atoms. The maximum Gasteiger partial charge on any atom is 0.156 e. The molecule has 1 saturated heterocycles. The standard InChI is InChI=1S/C26H31N5O4/c1-32-19-7-8-21(33-2)18(15-19)16-31(10-9-30-11-13-35-14-12-30)26-25-24(27-17-28-26)23-20(29-25)5-4-6-22(23)34-3/h4-8,15,17,29H,9-14,16H2,1-3H3. The lowest BCUT2D eigenvalue weighted by molar-refractivity contribution is 0.0391. The van der Waals surface area contributed by atoms with Gasteiger partial charge in [-0.1, -0.05) is 6.07 Å². The molecule has 2 aromatic heterocycles. The van der Waals surface area contributed by atoms with Gasteiger partial charge in [-0.2, -0.15) is 0 Å². The SMILES string of the molecule is COc1ccc(OC)c(CN(CCN2CCOCC2)c2ncnc3c2[nH]c2cccc(OC)c23)c1. The van der Waals surface area contributed by atoms with Crippen LogP contribution in [0.3, 0.4) is 0 Å². The fraction of sp³-hybridized carbons (Fsp3) is 0.385. The van der Waals surface area contributed by atoms with Crippen LogP contribution >= 0.6 is 0 Å². The van der Waals surface area contributed by atoms with E-state index in [-0.39, 0.29) is 0 Å². The van der Waals surface area contributed by atoms with Gasteiger partial charge in [-0.15, -0.1) is 0 Å². The molecule has 35 heavy (non-hydrogen) atoms. The Morgan fingerprint density at radius 1 is 1.00 bits per heavy atom. The number of rotatable bonds is 9. The molecule has 0 unspecified atom stereocenters. The van der Waals surface area contributed by atoms with Crippen LogP contribution in [0.15, 0.2) is 42.7 Å². The summed E-state index contributed by atoms with van der Waals surface area (Å²) in [5.74, 6) is 3.22. The van der Waals surface area contributed by atoms with E-state index in [1.54, 1.807) is 27.7 Å². The van der Waals surface area contributed by atoms with E-state index in [0.29, 0.717) is 6.54 Å². The minimum Gasteiger partial charge on any atom is -0.497 e. The van der Waals surface area contributed by atoms with Crippen LogP contribution in [-0.4, -0.2) is 80.6 Å². The summed E-state index contributed by atoms with van der Waals surface area (Å²) in [7, 11) is 5.04. The molecule has 0 aliphatic carbocycles. The van der Waals surface area contributed by atoms with Gasteiger partial charge in [-0.05, 0) is 30.3 Å². The zero-order valence-corrected chi connectivity index (χ0v) is 20.4. The van der Waals surface area contributed by atoms with Crippen LogP contribution in [0.1, 0.15) is 5.56 Å². The van der Waals surface area contributed by atoms with Gasteiger partial charge < -0.3 is 28.8 Å². The predicted molar refractivity (Wildman–Crippen MR) is 136 cm³/mol. The highest BCUT2D eigenvalue weighted by molar-refractivity contribution is 6.11. The first kappa shape index (κ1) is 23.2. The van der Waals surface area contributed by atoms with Crippen molar-refractivity contribution in [3.8, 4) is 17.2 Å². The summed E-state index contributed by atoms with van der Waals surface area (Å²) < 4.78 is 22.3. The number of aromatic amines is 1. The second-order valence-electron chi connectivity index (χ2n) is 8.48. The molecule has 0 saturated carbocycles. The highest BCUT2D eigenvalue weighted by Gasteiger charge is 2.21. The highest BCUT2D eigenvalue weighted by atomic mass is 16.5. The van der Waals surface area contributed by atoms with E-state index in [9.17, 15) is 0 Å². The van der Waals surface area contributed by atoms with Gasteiger partial charge in [-0.25, -0.2) is 9.97 Å². The van der Waals surface area contributed by atoms with E-state index < -0.39 is 0 Å². The van der Waals surface area contributed by atoms with Gasteiger partial charge in [0.15, 0.2) is 5.82 Å². The molecule has 5 rings (SSSR count). The number of fused-ring (bicyclic) bond motifs is 3. The lowest BCUT2D eigenvalue weighted by atomic mass is 10.1. The van der Waals surface area contributed by atoms with Crippen molar-refractivity contribution in [2.75, 3.05) is 65.6 Å². The van der Waals surface area contributed by atoms with Gasteiger partial charge in [0.2, 0.25) is 0 Å². The third-order valence-corrected chi connectivity index (χ3v) is 6.51. The van der Waals surface area contributed by atoms with Crippen LogP contribution in [0.2, 0.25) is 0 Å². The van der Waals surface area contributed by atoms with E-state index in [1.807, 2.05) is 36.4 Å². The van der Waals surface area contributed by atoms with E-state index in [1.165, 1.54) is 0 Å². The Kier molecular flexibility index (Phi) is 6.87. The largest absolute Gasteiger partial charge is 0.497 e. The summed E-state index contributed by atoms with van der Waals surface area (Å²) in [5.41, 5.74) is 3.72. The van der Waals surface area contributed by atoms with Crippen LogP contribution in [-0.2, 0) is 11.3 Å². The third-order valence-electron chi connectivity index (χ3n) is 6.51. The zero-order valence-electron chi connectivity index (χ0n) is 20.4. The first-order valence-corrected chi connectivity index (χ1v) is 11.8. The Morgan fingerprint density at radius 2 is 1.83 bits per heavy atom. The Bertz CT molecular complexity index is 1300. The van der Waals surface area contributed by atoms with E-state index in [0.717, 1.165) is 90.0 Å². The Hall–Kier alpha value is -3.56. The van der Waals surface area contributed by atoms with Crippen molar-refractivity contribution in [2.24, 2.45) is 0 Å². The minimum atomic E-state index is 0.601. The van der Waals surface area contributed by atoms with Gasteiger partial charge in [0, 0.05) is 38.3 Å². The normalized spacial score (nSPS) is 14.4. The maximum absolute atomic E-state index is 5.68. The topological polar surface area (TPSA) is 85.0 Å². The Balaban J connectivity index is 1.57. The Morgan fingerprint density at radius 3 is 2.60 bits per heavy atom. The molecular formula is C26H31N5O4. The number of nitrogens with one attached hydrogen (secondary N) is 1. The quantitative estimate of drug-likeness (QED) is 0.392. The van der Waals surface area contributed by atoms with Gasteiger partial charge >= 0.3 is 0 Å². The molecule has 1 fully saturated rings. The average Bonchev–Trinajstić information content (AvgIpc) is 3.30.